The number of rotatable bonds is 6. The van der Waals surface area contributed by atoms with Gasteiger partial charge in [0, 0.05) is 56.4 Å². The standard InChI is InChI=1S/C31H30F6N4O4/c32-30(33,34)22-6-8-23(9-7-22)45-29(28(44)40-16-14-39(15-17-40)26-5-2-1-4-21(26)19-42)11-3-13-41(20-29)27(43)24-18-38-12-10-25(24)31(35,36)37/h1-2,4-10,12,18,42H,3,11,13-17,19-20H2. The van der Waals surface area contributed by atoms with Gasteiger partial charge in [-0.2, -0.15) is 26.3 Å². The lowest BCUT2D eigenvalue weighted by Gasteiger charge is -2.46. The normalized spacial score (nSPS) is 19.4. The highest BCUT2D eigenvalue weighted by atomic mass is 19.4. The van der Waals surface area contributed by atoms with Gasteiger partial charge in [0.2, 0.25) is 5.60 Å². The molecule has 2 aliphatic heterocycles. The summed E-state index contributed by atoms with van der Waals surface area (Å²) in [4.78, 5) is 36.0. The number of carbonyl (C=O) groups excluding carboxylic acids is 2. The summed E-state index contributed by atoms with van der Waals surface area (Å²) >= 11 is 0. The fourth-order valence-electron chi connectivity index (χ4n) is 5.81. The lowest BCUT2D eigenvalue weighted by Crippen LogP contribution is -2.64. The first-order valence-corrected chi connectivity index (χ1v) is 14.2. The zero-order valence-corrected chi connectivity index (χ0v) is 23.9. The number of anilines is 1. The summed E-state index contributed by atoms with van der Waals surface area (Å²) < 4.78 is 86.9. The number of amides is 2. The van der Waals surface area contributed by atoms with E-state index in [1.54, 1.807) is 12.1 Å². The Morgan fingerprint density at radius 3 is 2.20 bits per heavy atom. The number of alkyl halides is 6. The fourth-order valence-corrected chi connectivity index (χ4v) is 5.81. The van der Waals surface area contributed by atoms with Gasteiger partial charge in [0.05, 0.1) is 29.8 Å². The maximum absolute atomic E-state index is 14.2. The molecule has 1 N–H and O–H groups in total. The van der Waals surface area contributed by atoms with Gasteiger partial charge in [0.1, 0.15) is 5.75 Å². The minimum absolute atomic E-state index is 0.0299. The van der Waals surface area contributed by atoms with Crippen molar-refractivity contribution in [1.82, 2.24) is 14.8 Å². The number of piperazine rings is 1. The van der Waals surface area contributed by atoms with Crippen LogP contribution in [0.4, 0.5) is 32.0 Å². The number of aliphatic hydroxyl groups excluding tert-OH is 1. The van der Waals surface area contributed by atoms with Crippen LogP contribution >= 0.6 is 0 Å². The molecule has 0 radical (unpaired) electrons. The van der Waals surface area contributed by atoms with Crippen molar-refractivity contribution in [3.8, 4) is 5.75 Å². The molecule has 45 heavy (non-hydrogen) atoms. The molecule has 0 bridgehead atoms. The number of likely N-dealkylation sites (tertiary alicyclic amines) is 1. The van der Waals surface area contributed by atoms with Crippen LogP contribution in [0.25, 0.3) is 0 Å². The van der Waals surface area contributed by atoms with Crippen molar-refractivity contribution in [1.29, 1.82) is 0 Å². The molecule has 3 heterocycles. The highest BCUT2D eigenvalue weighted by Crippen LogP contribution is 2.36. The van der Waals surface area contributed by atoms with Crippen LogP contribution < -0.4 is 9.64 Å². The predicted octanol–water partition coefficient (Wildman–Crippen LogP) is 5.01. The number of aliphatic hydroxyl groups is 1. The molecule has 2 amide bonds. The van der Waals surface area contributed by atoms with Gasteiger partial charge < -0.3 is 24.5 Å². The van der Waals surface area contributed by atoms with Crippen LogP contribution in [0.1, 0.15) is 39.9 Å². The molecule has 1 atom stereocenters. The number of para-hydroxylation sites is 1. The Balaban J connectivity index is 1.43. The van der Waals surface area contributed by atoms with Crippen LogP contribution in [-0.2, 0) is 23.8 Å². The highest BCUT2D eigenvalue weighted by Gasteiger charge is 2.49. The molecule has 0 spiro atoms. The minimum Gasteiger partial charge on any atom is -0.476 e. The summed E-state index contributed by atoms with van der Waals surface area (Å²) in [6.07, 6.45) is -7.43. The molecule has 0 aliphatic carbocycles. The van der Waals surface area contributed by atoms with Gasteiger partial charge in [-0.1, -0.05) is 18.2 Å². The first-order valence-electron chi connectivity index (χ1n) is 14.2. The molecule has 1 unspecified atom stereocenters. The van der Waals surface area contributed by atoms with Gasteiger partial charge in [-0.05, 0) is 49.2 Å². The van der Waals surface area contributed by atoms with E-state index in [0.717, 1.165) is 52.8 Å². The highest BCUT2D eigenvalue weighted by molar-refractivity contribution is 5.96. The Hall–Kier alpha value is -4.33. The summed E-state index contributed by atoms with van der Waals surface area (Å²) in [5, 5.41) is 9.74. The summed E-state index contributed by atoms with van der Waals surface area (Å²) in [5.74, 6) is -1.58. The fraction of sp³-hybridized carbons (Fsp3) is 0.387. The van der Waals surface area contributed by atoms with Crippen molar-refractivity contribution < 1.29 is 45.8 Å². The molecule has 3 aromatic rings. The third-order valence-electron chi connectivity index (χ3n) is 8.05. The first-order chi connectivity index (χ1) is 21.3. The van der Waals surface area contributed by atoms with Crippen LogP contribution in [0.5, 0.6) is 5.75 Å². The van der Waals surface area contributed by atoms with Crippen LogP contribution in [0, 0.1) is 0 Å². The molecule has 5 rings (SSSR count). The van der Waals surface area contributed by atoms with E-state index in [-0.39, 0.29) is 44.8 Å². The number of ether oxygens (including phenoxy) is 1. The third kappa shape index (κ3) is 6.85. The van der Waals surface area contributed by atoms with Crippen LogP contribution in [0.2, 0.25) is 0 Å². The van der Waals surface area contributed by atoms with Crippen molar-refractivity contribution in [3.63, 3.8) is 0 Å². The van der Waals surface area contributed by atoms with E-state index in [1.807, 2.05) is 17.0 Å². The van der Waals surface area contributed by atoms with E-state index >= 15 is 0 Å². The molecule has 2 aliphatic rings. The topological polar surface area (TPSA) is 86.2 Å². The Bertz CT molecular complexity index is 1520. The van der Waals surface area contributed by atoms with E-state index in [9.17, 15) is 41.0 Å². The Morgan fingerprint density at radius 1 is 0.867 bits per heavy atom. The largest absolute Gasteiger partial charge is 0.476 e. The third-order valence-corrected chi connectivity index (χ3v) is 8.05. The van der Waals surface area contributed by atoms with E-state index in [1.165, 1.54) is 4.90 Å². The van der Waals surface area contributed by atoms with Gasteiger partial charge >= 0.3 is 12.4 Å². The predicted molar refractivity (Wildman–Crippen MR) is 150 cm³/mol. The number of nitrogens with zero attached hydrogens (tertiary/aromatic N) is 4. The Morgan fingerprint density at radius 2 is 1.56 bits per heavy atom. The van der Waals surface area contributed by atoms with Crippen molar-refractivity contribution in [2.45, 2.75) is 37.4 Å². The zero-order chi connectivity index (χ0) is 32.4. The Labute approximate surface area is 254 Å². The Kier molecular flexibility index (Phi) is 8.97. The first kappa shape index (κ1) is 32.1. The number of carbonyl (C=O) groups is 2. The molecule has 240 valence electrons. The van der Waals surface area contributed by atoms with Gasteiger partial charge in [-0.3, -0.25) is 14.6 Å². The van der Waals surface area contributed by atoms with Crippen molar-refractivity contribution in [2.24, 2.45) is 0 Å². The van der Waals surface area contributed by atoms with Crippen LogP contribution in [-0.4, -0.2) is 76.6 Å². The van der Waals surface area contributed by atoms with Crippen LogP contribution in [0.3, 0.4) is 0 Å². The second-order valence-electron chi connectivity index (χ2n) is 10.9. The average Bonchev–Trinajstić information content (AvgIpc) is 3.03. The van der Waals surface area contributed by atoms with Crippen LogP contribution in [0.15, 0.2) is 67.0 Å². The van der Waals surface area contributed by atoms with E-state index in [0.29, 0.717) is 19.2 Å². The van der Waals surface area contributed by atoms with Gasteiger partial charge in [0.25, 0.3) is 11.8 Å². The summed E-state index contributed by atoms with van der Waals surface area (Å²) in [7, 11) is 0. The molecular formula is C31H30F6N4O4. The van der Waals surface area contributed by atoms with Crippen molar-refractivity contribution in [2.75, 3.05) is 44.2 Å². The smallest absolute Gasteiger partial charge is 0.417 e. The number of pyridine rings is 1. The quantitative estimate of drug-likeness (QED) is 0.383. The number of benzene rings is 2. The van der Waals surface area contributed by atoms with Gasteiger partial charge in [-0.25, -0.2) is 0 Å². The van der Waals surface area contributed by atoms with Crippen molar-refractivity contribution >= 4 is 17.5 Å². The van der Waals surface area contributed by atoms with Gasteiger partial charge in [0.15, 0.2) is 0 Å². The van der Waals surface area contributed by atoms with Gasteiger partial charge in [-0.15, -0.1) is 0 Å². The SMILES string of the molecule is O=C(c1cnccc1C(F)(F)F)N1CCCC(Oc2ccc(C(F)(F)F)cc2)(C(=O)N2CCN(c3ccccc3CO)CC2)C1. The molecule has 8 nitrogen and oxygen atoms in total. The summed E-state index contributed by atoms with van der Waals surface area (Å²) in [5.41, 5.74) is -3.03. The molecule has 14 heteroatoms. The van der Waals surface area contributed by atoms with Crippen molar-refractivity contribution in [3.05, 3.63) is 89.2 Å². The summed E-state index contributed by atoms with van der Waals surface area (Å²) in [6.45, 7) is 0.680. The monoisotopic (exact) mass is 636 g/mol. The second-order valence-corrected chi connectivity index (χ2v) is 10.9. The van der Waals surface area contributed by atoms with E-state index in [2.05, 4.69) is 4.98 Å². The maximum atomic E-state index is 14.2. The average molecular weight is 637 g/mol. The number of hydrogen-bond acceptors (Lipinski definition) is 6. The lowest BCUT2D eigenvalue weighted by atomic mass is 9.89. The summed E-state index contributed by atoms with van der Waals surface area (Å²) in [6, 6.07) is 11.7. The number of aromatic nitrogens is 1. The number of halogens is 6. The molecule has 0 saturated carbocycles. The zero-order valence-electron chi connectivity index (χ0n) is 23.9. The minimum atomic E-state index is -4.83. The molecule has 2 saturated heterocycles. The van der Waals surface area contributed by atoms with E-state index < -0.39 is 53.0 Å². The van der Waals surface area contributed by atoms with E-state index in [4.69, 9.17) is 4.74 Å². The molecule has 1 aromatic heterocycles. The number of piperidine rings is 1. The lowest BCUT2D eigenvalue weighted by molar-refractivity contribution is -0.153. The maximum Gasteiger partial charge on any atom is 0.417 e. The number of hydrogen-bond donors (Lipinski definition) is 1. The molecule has 2 fully saturated rings. The molecule has 2 aromatic carbocycles. The second kappa shape index (κ2) is 12.6. The molecular weight excluding hydrogens is 606 g/mol.